The molecule has 11 heteroatoms. The van der Waals surface area contributed by atoms with Gasteiger partial charge in [-0.2, -0.15) is 0 Å². The summed E-state index contributed by atoms with van der Waals surface area (Å²) >= 11 is 12.5. The summed E-state index contributed by atoms with van der Waals surface area (Å²) in [7, 11) is 1.49. The highest BCUT2D eigenvalue weighted by Gasteiger charge is 2.35. The lowest BCUT2D eigenvalue weighted by molar-refractivity contribution is -0.123. The van der Waals surface area contributed by atoms with Crippen molar-refractivity contribution in [2.24, 2.45) is 0 Å². The van der Waals surface area contributed by atoms with Gasteiger partial charge < -0.3 is 14.8 Å². The number of benzene rings is 3. The molecule has 38 heavy (non-hydrogen) atoms. The summed E-state index contributed by atoms with van der Waals surface area (Å²) in [5, 5.41) is 2.98. The fraction of sp³-hybridized carbons (Fsp3) is 0.148. The Labute approximate surface area is 251 Å². The summed E-state index contributed by atoms with van der Waals surface area (Å²) < 4.78 is 12.8. The Morgan fingerprint density at radius 3 is 2.58 bits per heavy atom. The third-order valence-electron chi connectivity index (χ3n) is 5.48. The molecule has 0 spiro atoms. The minimum Gasteiger partial charge on any atom is -0.493 e. The number of hydrogen-bond donors (Lipinski definition) is 1. The van der Waals surface area contributed by atoms with Crippen LogP contribution in [0, 0.1) is 10.5 Å². The first-order valence-electron chi connectivity index (χ1n) is 11.2. The molecule has 0 bridgehead atoms. The number of imide groups is 1. The maximum Gasteiger partial charge on any atom is 0.293 e. The van der Waals surface area contributed by atoms with Crippen LogP contribution in [0.4, 0.5) is 10.5 Å². The minimum absolute atomic E-state index is 0.194. The first kappa shape index (κ1) is 28.5. The van der Waals surface area contributed by atoms with Crippen molar-refractivity contribution in [3.63, 3.8) is 0 Å². The zero-order valence-electron chi connectivity index (χ0n) is 20.2. The van der Waals surface area contributed by atoms with E-state index in [1.807, 2.05) is 37.3 Å². The van der Waals surface area contributed by atoms with E-state index in [0.717, 1.165) is 27.4 Å². The quantitative estimate of drug-likeness (QED) is 0.194. The van der Waals surface area contributed by atoms with E-state index in [2.05, 4.69) is 43.8 Å². The molecule has 1 N–H and O–H groups in total. The largest absolute Gasteiger partial charge is 0.493 e. The molecule has 3 amide bonds. The monoisotopic (exact) mass is 726 g/mol. The van der Waals surface area contributed by atoms with Crippen LogP contribution in [-0.2, 0) is 16.1 Å². The van der Waals surface area contributed by atoms with Gasteiger partial charge in [0.05, 0.1) is 22.1 Å². The highest BCUT2D eigenvalue weighted by atomic mass is 127. The molecule has 1 saturated heterocycles. The number of rotatable bonds is 8. The lowest BCUT2D eigenvalue weighted by atomic mass is 10.1. The number of hydrogen-bond acceptors (Lipinski definition) is 6. The molecule has 1 aliphatic rings. The molecule has 1 fully saturated rings. The van der Waals surface area contributed by atoms with Gasteiger partial charge in [0.25, 0.3) is 17.1 Å². The van der Waals surface area contributed by atoms with Crippen molar-refractivity contribution in [3.05, 3.63) is 89.3 Å². The Morgan fingerprint density at radius 1 is 1.16 bits per heavy atom. The summed E-state index contributed by atoms with van der Waals surface area (Å²) in [6.45, 7) is 1.83. The second kappa shape index (κ2) is 12.5. The number of thioether (sulfide) groups is 1. The molecule has 1 heterocycles. The van der Waals surface area contributed by atoms with Crippen molar-refractivity contribution in [3.8, 4) is 11.5 Å². The van der Waals surface area contributed by atoms with Gasteiger partial charge in [0.15, 0.2) is 18.1 Å². The van der Waals surface area contributed by atoms with Gasteiger partial charge in [0.1, 0.15) is 0 Å². The molecule has 3 aromatic rings. The number of nitrogens with one attached hydrogen (secondary N) is 1. The predicted molar refractivity (Wildman–Crippen MR) is 162 cm³/mol. The standard InChI is InChI=1S/C27H21BrClIN2O5S/c1-15-3-8-19(12-20(15)29)31-24(33)14-37-25-21(30)9-17(10-22(25)36-2)11-23-26(34)32(27(35)38-23)13-16-4-6-18(28)7-5-16/h3-12H,13-14H2,1-2H3,(H,31,33)/b23-11-. The maximum absolute atomic E-state index is 13.0. The van der Waals surface area contributed by atoms with E-state index in [9.17, 15) is 14.4 Å². The number of amides is 3. The van der Waals surface area contributed by atoms with E-state index in [-0.39, 0.29) is 30.2 Å². The lowest BCUT2D eigenvalue weighted by Gasteiger charge is -2.14. The van der Waals surface area contributed by atoms with Crippen LogP contribution in [0.1, 0.15) is 16.7 Å². The van der Waals surface area contributed by atoms with Crippen molar-refractivity contribution in [2.75, 3.05) is 19.0 Å². The summed E-state index contributed by atoms with van der Waals surface area (Å²) in [5.74, 6) is 0.0745. The van der Waals surface area contributed by atoms with Crippen molar-refractivity contribution >= 4 is 90.7 Å². The van der Waals surface area contributed by atoms with Gasteiger partial charge in [-0.05, 0) is 100 Å². The number of carbonyl (C=O) groups is 3. The van der Waals surface area contributed by atoms with Crippen LogP contribution in [0.5, 0.6) is 11.5 Å². The highest BCUT2D eigenvalue weighted by Crippen LogP contribution is 2.38. The van der Waals surface area contributed by atoms with Crippen molar-refractivity contribution in [1.29, 1.82) is 0 Å². The zero-order chi connectivity index (χ0) is 27.4. The average Bonchev–Trinajstić information content (AvgIpc) is 3.13. The summed E-state index contributed by atoms with van der Waals surface area (Å²) in [4.78, 5) is 39.5. The molecule has 3 aromatic carbocycles. The van der Waals surface area contributed by atoms with E-state index in [4.69, 9.17) is 21.1 Å². The smallest absolute Gasteiger partial charge is 0.293 e. The Balaban J connectivity index is 1.45. The van der Waals surface area contributed by atoms with Gasteiger partial charge in [0.2, 0.25) is 0 Å². The third kappa shape index (κ3) is 6.90. The zero-order valence-corrected chi connectivity index (χ0v) is 25.5. The van der Waals surface area contributed by atoms with Crippen molar-refractivity contribution in [2.45, 2.75) is 13.5 Å². The molecule has 0 aliphatic carbocycles. The molecular formula is C27H21BrClIN2O5S. The number of aryl methyl sites for hydroxylation is 1. The van der Waals surface area contributed by atoms with Gasteiger partial charge in [-0.25, -0.2) is 0 Å². The van der Waals surface area contributed by atoms with E-state index >= 15 is 0 Å². The fourth-order valence-electron chi connectivity index (χ4n) is 3.53. The number of ether oxygens (including phenoxy) is 2. The molecular weight excluding hydrogens is 707 g/mol. The Morgan fingerprint density at radius 2 is 1.89 bits per heavy atom. The summed E-state index contributed by atoms with van der Waals surface area (Å²) in [6, 6.07) is 16.2. The second-order valence-electron chi connectivity index (χ2n) is 8.23. The normalized spacial score (nSPS) is 14.2. The maximum atomic E-state index is 13.0. The van der Waals surface area contributed by atoms with Crippen LogP contribution in [0.15, 0.2) is 64.0 Å². The topological polar surface area (TPSA) is 84.9 Å². The molecule has 0 atom stereocenters. The minimum atomic E-state index is -0.356. The Kier molecular flexibility index (Phi) is 9.40. The van der Waals surface area contributed by atoms with Crippen LogP contribution in [0.2, 0.25) is 5.02 Å². The molecule has 0 saturated carbocycles. The fourth-order valence-corrected chi connectivity index (χ4v) is 5.59. The van der Waals surface area contributed by atoms with Crippen LogP contribution >= 0.6 is 61.9 Å². The summed E-state index contributed by atoms with van der Waals surface area (Å²) in [6.07, 6.45) is 1.65. The van der Waals surface area contributed by atoms with Gasteiger partial charge in [-0.1, -0.05) is 45.7 Å². The number of halogens is 3. The molecule has 4 rings (SSSR count). The molecule has 0 aromatic heterocycles. The van der Waals surface area contributed by atoms with Gasteiger partial charge in [-0.3, -0.25) is 19.3 Å². The van der Waals surface area contributed by atoms with Crippen LogP contribution in [0.3, 0.4) is 0 Å². The highest BCUT2D eigenvalue weighted by molar-refractivity contribution is 14.1. The SMILES string of the molecule is COc1cc(/C=C2\SC(=O)N(Cc3ccc(Br)cc3)C2=O)cc(I)c1OCC(=O)Nc1ccc(C)c(Cl)c1. The van der Waals surface area contributed by atoms with E-state index in [0.29, 0.717) is 36.2 Å². The van der Waals surface area contributed by atoms with E-state index in [1.165, 1.54) is 12.0 Å². The van der Waals surface area contributed by atoms with Crippen LogP contribution in [-0.4, -0.2) is 35.7 Å². The van der Waals surface area contributed by atoms with E-state index in [1.54, 1.807) is 30.3 Å². The van der Waals surface area contributed by atoms with Crippen LogP contribution in [0.25, 0.3) is 6.08 Å². The number of nitrogens with zero attached hydrogens (tertiary/aromatic N) is 1. The van der Waals surface area contributed by atoms with Crippen molar-refractivity contribution in [1.82, 2.24) is 4.90 Å². The van der Waals surface area contributed by atoms with Gasteiger partial charge in [0, 0.05) is 15.2 Å². The first-order valence-corrected chi connectivity index (χ1v) is 14.3. The summed E-state index contributed by atoms with van der Waals surface area (Å²) in [5.41, 5.74) is 2.99. The number of carbonyl (C=O) groups excluding carboxylic acids is 3. The molecule has 196 valence electrons. The molecule has 0 radical (unpaired) electrons. The van der Waals surface area contributed by atoms with Crippen LogP contribution < -0.4 is 14.8 Å². The average molecular weight is 728 g/mol. The first-order chi connectivity index (χ1) is 18.1. The van der Waals surface area contributed by atoms with Gasteiger partial charge in [-0.15, -0.1) is 0 Å². The van der Waals surface area contributed by atoms with E-state index < -0.39 is 0 Å². The number of anilines is 1. The van der Waals surface area contributed by atoms with Gasteiger partial charge >= 0.3 is 0 Å². The second-order valence-corrected chi connectivity index (χ2v) is 11.7. The third-order valence-corrected chi connectivity index (χ3v) is 8.12. The Bertz CT molecular complexity index is 1450. The molecule has 0 unspecified atom stereocenters. The van der Waals surface area contributed by atoms with Crippen molar-refractivity contribution < 1.29 is 23.9 Å². The molecule has 1 aliphatic heterocycles. The Hall–Kier alpha value is -2.54. The number of methoxy groups -OCH3 is 1. The molecule has 7 nitrogen and oxygen atoms in total. The predicted octanol–water partition coefficient (Wildman–Crippen LogP) is 7.28. The lowest BCUT2D eigenvalue weighted by Crippen LogP contribution is -2.27.